The molecule has 56 valence electrons. The van der Waals surface area contributed by atoms with Crippen molar-refractivity contribution in [1.29, 1.82) is 0 Å². The first-order valence-electron chi connectivity index (χ1n) is 3.09. The van der Waals surface area contributed by atoms with Crippen LogP contribution in [-0.2, 0) is 0 Å². The molecule has 0 spiro atoms. The smallest absolute Gasteiger partial charge is 0.0979 e. The number of aliphatic hydroxyl groups is 2. The van der Waals surface area contributed by atoms with Crippen LogP contribution in [-0.4, -0.2) is 33.2 Å². The second-order valence-electron chi connectivity index (χ2n) is 2.01. The maximum Gasteiger partial charge on any atom is 0.0979 e. The highest BCUT2D eigenvalue weighted by Crippen LogP contribution is 2.00. The third kappa shape index (κ3) is 1.34. The molecule has 1 rings (SSSR count). The number of nitrogens with zero attached hydrogens (tertiary/aromatic N) is 2. The molecule has 0 saturated carbocycles. The summed E-state index contributed by atoms with van der Waals surface area (Å²) in [5.74, 6) is 0. The average Bonchev–Trinajstić information content (AvgIpc) is 2.43. The van der Waals surface area contributed by atoms with Gasteiger partial charge in [-0.3, -0.25) is 4.68 Å². The van der Waals surface area contributed by atoms with E-state index in [0.29, 0.717) is 0 Å². The molecule has 0 radical (unpaired) electrons. The standard InChI is InChI=1S/C6H10N2O2/c9-4-6(5-10)8-3-1-2-7-8/h1-3,6,9-10H,4-5H2. The van der Waals surface area contributed by atoms with Crippen LogP contribution >= 0.6 is 0 Å². The SMILES string of the molecule is OCC(CO)n1cccn1. The van der Waals surface area contributed by atoms with Crippen LogP contribution in [0.15, 0.2) is 18.5 Å². The fraction of sp³-hybridized carbons (Fsp3) is 0.500. The van der Waals surface area contributed by atoms with E-state index in [1.807, 2.05) is 0 Å². The van der Waals surface area contributed by atoms with Crippen molar-refractivity contribution in [3.63, 3.8) is 0 Å². The van der Waals surface area contributed by atoms with E-state index in [2.05, 4.69) is 5.10 Å². The van der Waals surface area contributed by atoms with E-state index in [1.54, 1.807) is 18.5 Å². The van der Waals surface area contributed by atoms with Crippen molar-refractivity contribution >= 4 is 0 Å². The lowest BCUT2D eigenvalue weighted by Gasteiger charge is -2.09. The summed E-state index contributed by atoms with van der Waals surface area (Å²) in [6.07, 6.45) is 3.31. The average molecular weight is 142 g/mol. The van der Waals surface area contributed by atoms with E-state index in [9.17, 15) is 0 Å². The Labute approximate surface area is 58.7 Å². The Balaban J connectivity index is 2.64. The van der Waals surface area contributed by atoms with Gasteiger partial charge in [0.1, 0.15) is 0 Å². The first kappa shape index (κ1) is 7.24. The molecule has 0 aliphatic carbocycles. The Morgan fingerprint density at radius 2 is 2.10 bits per heavy atom. The van der Waals surface area contributed by atoms with Crippen molar-refractivity contribution in [2.45, 2.75) is 6.04 Å². The predicted molar refractivity (Wildman–Crippen MR) is 35.4 cm³/mol. The minimum atomic E-state index is -0.296. The van der Waals surface area contributed by atoms with Crippen LogP contribution in [0.4, 0.5) is 0 Å². The summed E-state index contributed by atoms with van der Waals surface area (Å²) in [6.45, 7) is -0.170. The lowest BCUT2D eigenvalue weighted by Crippen LogP contribution is -2.17. The first-order chi connectivity index (χ1) is 4.88. The third-order valence-electron chi connectivity index (χ3n) is 1.32. The van der Waals surface area contributed by atoms with Crippen LogP contribution in [0.5, 0.6) is 0 Å². The molecule has 0 aliphatic rings. The molecule has 1 aromatic heterocycles. The van der Waals surface area contributed by atoms with Crippen molar-refractivity contribution < 1.29 is 10.2 Å². The Morgan fingerprint density at radius 3 is 2.50 bits per heavy atom. The number of hydrogen-bond donors (Lipinski definition) is 2. The molecule has 0 bridgehead atoms. The summed E-state index contributed by atoms with van der Waals surface area (Å²) < 4.78 is 1.53. The fourth-order valence-corrected chi connectivity index (χ4v) is 0.722. The monoisotopic (exact) mass is 142 g/mol. The van der Waals surface area contributed by atoms with Gasteiger partial charge in [0.2, 0.25) is 0 Å². The Morgan fingerprint density at radius 1 is 1.40 bits per heavy atom. The summed E-state index contributed by atoms with van der Waals surface area (Å²) in [5, 5.41) is 21.2. The summed E-state index contributed by atoms with van der Waals surface area (Å²) in [7, 11) is 0. The van der Waals surface area contributed by atoms with Gasteiger partial charge in [-0.25, -0.2) is 0 Å². The van der Waals surface area contributed by atoms with Gasteiger partial charge in [0.15, 0.2) is 0 Å². The summed E-state index contributed by atoms with van der Waals surface area (Å²) in [5.41, 5.74) is 0. The van der Waals surface area contributed by atoms with Crippen LogP contribution in [0.2, 0.25) is 0 Å². The first-order valence-corrected chi connectivity index (χ1v) is 3.09. The van der Waals surface area contributed by atoms with Crippen LogP contribution in [0, 0.1) is 0 Å². The normalized spacial score (nSPS) is 10.7. The molecule has 0 saturated heterocycles. The highest BCUT2D eigenvalue weighted by Gasteiger charge is 2.05. The van der Waals surface area contributed by atoms with Gasteiger partial charge in [0.25, 0.3) is 0 Å². The zero-order valence-corrected chi connectivity index (χ0v) is 5.51. The highest BCUT2D eigenvalue weighted by atomic mass is 16.3. The van der Waals surface area contributed by atoms with Crippen molar-refractivity contribution in [2.75, 3.05) is 13.2 Å². The number of aromatic nitrogens is 2. The van der Waals surface area contributed by atoms with Gasteiger partial charge in [0.05, 0.1) is 19.3 Å². The van der Waals surface area contributed by atoms with Gasteiger partial charge >= 0.3 is 0 Å². The van der Waals surface area contributed by atoms with Gasteiger partial charge in [-0.15, -0.1) is 0 Å². The van der Waals surface area contributed by atoms with Gasteiger partial charge in [-0.2, -0.15) is 5.10 Å². The summed E-state index contributed by atoms with van der Waals surface area (Å²) in [4.78, 5) is 0. The molecule has 4 heteroatoms. The molecule has 0 amide bonds. The van der Waals surface area contributed by atoms with E-state index in [1.165, 1.54) is 4.68 Å². The van der Waals surface area contributed by atoms with Crippen molar-refractivity contribution in [1.82, 2.24) is 9.78 Å². The van der Waals surface area contributed by atoms with Gasteiger partial charge in [0, 0.05) is 12.4 Å². The Kier molecular flexibility index (Phi) is 2.42. The number of hydrogen-bond acceptors (Lipinski definition) is 3. The van der Waals surface area contributed by atoms with E-state index in [-0.39, 0.29) is 19.3 Å². The molecule has 1 aromatic rings. The van der Waals surface area contributed by atoms with Crippen LogP contribution in [0.1, 0.15) is 6.04 Å². The highest BCUT2D eigenvalue weighted by molar-refractivity contribution is 4.81. The van der Waals surface area contributed by atoms with Crippen molar-refractivity contribution in [3.05, 3.63) is 18.5 Å². The molecule has 2 N–H and O–H groups in total. The zero-order chi connectivity index (χ0) is 7.40. The molecule has 0 atom stereocenters. The molecular weight excluding hydrogens is 132 g/mol. The second kappa shape index (κ2) is 3.34. The largest absolute Gasteiger partial charge is 0.394 e. The molecule has 0 fully saturated rings. The Hall–Kier alpha value is -0.870. The van der Waals surface area contributed by atoms with Crippen LogP contribution in [0.25, 0.3) is 0 Å². The van der Waals surface area contributed by atoms with E-state index < -0.39 is 0 Å². The molecule has 4 nitrogen and oxygen atoms in total. The van der Waals surface area contributed by atoms with E-state index >= 15 is 0 Å². The topological polar surface area (TPSA) is 58.3 Å². The molecule has 0 unspecified atom stereocenters. The molecular formula is C6H10N2O2. The minimum absolute atomic E-state index is 0.0851. The summed E-state index contributed by atoms with van der Waals surface area (Å²) >= 11 is 0. The molecule has 0 aromatic carbocycles. The minimum Gasteiger partial charge on any atom is -0.394 e. The third-order valence-corrected chi connectivity index (χ3v) is 1.32. The Bertz CT molecular complexity index is 170. The lowest BCUT2D eigenvalue weighted by atomic mass is 10.3. The van der Waals surface area contributed by atoms with Crippen LogP contribution < -0.4 is 0 Å². The van der Waals surface area contributed by atoms with Crippen LogP contribution in [0.3, 0.4) is 0 Å². The number of aliphatic hydroxyl groups excluding tert-OH is 2. The molecule has 0 aliphatic heterocycles. The second-order valence-corrected chi connectivity index (χ2v) is 2.01. The maximum absolute atomic E-state index is 8.68. The van der Waals surface area contributed by atoms with Gasteiger partial charge in [-0.1, -0.05) is 0 Å². The fourth-order valence-electron chi connectivity index (χ4n) is 0.722. The van der Waals surface area contributed by atoms with Crippen molar-refractivity contribution in [2.24, 2.45) is 0 Å². The van der Waals surface area contributed by atoms with Crippen molar-refractivity contribution in [3.8, 4) is 0 Å². The maximum atomic E-state index is 8.68. The van der Waals surface area contributed by atoms with Gasteiger partial charge < -0.3 is 10.2 Å². The van der Waals surface area contributed by atoms with Gasteiger partial charge in [-0.05, 0) is 6.07 Å². The predicted octanol–water partition coefficient (Wildman–Crippen LogP) is -0.591. The molecule has 1 heterocycles. The van der Waals surface area contributed by atoms with E-state index in [0.717, 1.165) is 0 Å². The van der Waals surface area contributed by atoms with E-state index in [4.69, 9.17) is 10.2 Å². The zero-order valence-electron chi connectivity index (χ0n) is 5.51. The number of rotatable bonds is 3. The summed E-state index contributed by atoms with van der Waals surface area (Å²) in [6, 6.07) is 1.45. The molecule has 10 heavy (non-hydrogen) atoms. The quantitative estimate of drug-likeness (QED) is 0.593. The lowest BCUT2D eigenvalue weighted by molar-refractivity contribution is 0.146.